The molecule has 2 rings (SSSR count). The minimum Gasteiger partial charge on any atom is -0.495 e. The van der Waals surface area contributed by atoms with Gasteiger partial charge in [0, 0.05) is 30.6 Å². The molecule has 0 aliphatic rings. The van der Waals surface area contributed by atoms with Gasteiger partial charge >= 0.3 is 0 Å². The van der Waals surface area contributed by atoms with Gasteiger partial charge in [-0.15, -0.1) is 0 Å². The fraction of sp³-hybridized carbons (Fsp3) is 0.316. The van der Waals surface area contributed by atoms with E-state index in [0.29, 0.717) is 30.3 Å². The number of carbonyl (C=O) groups is 1. The second-order valence-corrected chi connectivity index (χ2v) is 6.15. The van der Waals surface area contributed by atoms with E-state index in [1.54, 1.807) is 13.2 Å². The molecule has 4 nitrogen and oxygen atoms in total. The van der Waals surface area contributed by atoms with Crippen LogP contribution in [0.15, 0.2) is 36.4 Å². The summed E-state index contributed by atoms with van der Waals surface area (Å²) >= 11 is 6.09. The molecule has 2 aromatic carbocycles. The normalized spacial score (nSPS) is 10.3. The molecule has 0 aliphatic carbocycles. The Morgan fingerprint density at radius 1 is 1.17 bits per heavy atom. The molecule has 0 bridgehead atoms. The van der Waals surface area contributed by atoms with Crippen LogP contribution >= 0.6 is 11.6 Å². The Morgan fingerprint density at radius 3 is 2.54 bits per heavy atom. The maximum Gasteiger partial charge on any atom is 0.222 e. The number of anilines is 1. The summed E-state index contributed by atoms with van der Waals surface area (Å²) < 4.78 is 5.31. The number of hydrogen-bond donors (Lipinski definition) is 2. The lowest BCUT2D eigenvalue weighted by molar-refractivity contribution is -0.121. The van der Waals surface area contributed by atoms with Crippen LogP contribution in [0.2, 0.25) is 5.02 Å². The molecule has 0 saturated heterocycles. The lowest BCUT2D eigenvalue weighted by Gasteiger charge is -2.13. The van der Waals surface area contributed by atoms with Crippen molar-refractivity contribution in [3.63, 3.8) is 0 Å². The van der Waals surface area contributed by atoms with Crippen molar-refractivity contribution in [2.45, 2.75) is 26.8 Å². The zero-order valence-electron chi connectivity index (χ0n) is 14.3. The van der Waals surface area contributed by atoms with Gasteiger partial charge in [0.05, 0.1) is 12.8 Å². The summed E-state index contributed by atoms with van der Waals surface area (Å²) in [6.45, 7) is 5.04. The fourth-order valence-electron chi connectivity index (χ4n) is 2.28. The van der Waals surface area contributed by atoms with E-state index in [-0.39, 0.29) is 5.91 Å². The highest BCUT2D eigenvalue weighted by Gasteiger charge is 2.07. The van der Waals surface area contributed by atoms with E-state index in [4.69, 9.17) is 16.3 Å². The van der Waals surface area contributed by atoms with Crippen molar-refractivity contribution in [1.29, 1.82) is 0 Å². The highest BCUT2D eigenvalue weighted by Crippen LogP contribution is 2.30. The summed E-state index contributed by atoms with van der Waals surface area (Å²) in [5.41, 5.74) is 4.10. The monoisotopic (exact) mass is 346 g/mol. The third-order valence-corrected chi connectivity index (χ3v) is 4.17. The first-order valence-electron chi connectivity index (χ1n) is 7.90. The van der Waals surface area contributed by atoms with Gasteiger partial charge in [-0.1, -0.05) is 41.4 Å². The summed E-state index contributed by atoms with van der Waals surface area (Å²) in [6.07, 6.45) is 0.386. The van der Waals surface area contributed by atoms with Crippen molar-refractivity contribution in [2.75, 3.05) is 19.0 Å². The van der Waals surface area contributed by atoms with E-state index in [1.165, 1.54) is 5.56 Å². The van der Waals surface area contributed by atoms with E-state index in [2.05, 4.69) is 10.6 Å². The molecule has 0 spiro atoms. The number of ether oxygens (including phenoxy) is 1. The molecular formula is C19H23ClN2O2. The van der Waals surface area contributed by atoms with E-state index >= 15 is 0 Å². The zero-order valence-corrected chi connectivity index (χ0v) is 15.0. The minimum absolute atomic E-state index is 0.00715. The Labute approximate surface area is 148 Å². The minimum atomic E-state index is 0.00715. The average Bonchev–Trinajstić information content (AvgIpc) is 2.57. The Kier molecular flexibility index (Phi) is 6.50. The van der Waals surface area contributed by atoms with Crippen molar-refractivity contribution in [1.82, 2.24) is 5.32 Å². The van der Waals surface area contributed by atoms with E-state index in [1.807, 2.05) is 44.2 Å². The zero-order chi connectivity index (χ0) is 17.5. The highest BCUT2D eigenvalue weighted by atomic mass is 35.5. The molecule has 1 amide bonds. The Morgan fingerprint density at radius 2 is 1.88 bits per heavy atom. The maximum absolute atomic E-state index is 11.9. The summed E-state index contributed by atoms with van der Waals surface area (Å²) in [4.78, 5) is 11.9. The number of amides is 1. The van der Waals surface area contributed by atoms with Gasteiger partial charge in [-0.25, -0.2) is 0 Å². The number of methoxy groups -OCH3 is 1. The molecular weight excluding hydrogens is 324 g/mol. The fourth-order valence-corrected chi connectivity index (χ4v) is 2.43. The van der Waals surface area contributed by atoms with E-state index < -0.39 is 0 Å². The summed E-state index contributed by atoms with van der Waals surface area (Å²) in [5.74, 6) is 0.679. The molecule has 0 radical (unpaired) electrons. The number of nitrogens with one attached hydrogen (secondary N) is 2. The molecule has 2 aromatic rings. The predicted octanol–water partition coefficient (Wildman–Crippen LogP) is 4.08. The van der Waals surface area contributed by atoms with Gasteiger partial charge in [0.15, 0.2) is 0 Å². The number of hydrogen-bond acceptors (Lipinski definition) is 3. The van der Waals surface area contributed by atoms with Gasteiger partial charge in [-0.05, 0) is 31.0 Å². The van der Waals surface area contributed by atoms with Crippen LogP contribution in [0.4, 0.5) is 5.69 Å². The molecule has 0 atom stereocenters. The Balaban J connectivity index is 1.80. The van der Waals surface area contributed by atoms with Crippen molar-refractivity contribution in [3.8, 4) is 5.75 Å². The van der Waals surface area contributed by atoms with Gasteiger partial charge in [0.25, 0.3) is 0 Å². The first-order chi connectivity index (χ1) is 11.5. The number of rotatable bonds is 7. The van der Waals surface area contributed by atoms with Crippen molar-refractivity contribution in [2.24, 2.45) is 0 Å². The topological polar surface area (TPSA) is 50.4 Å². The van der Waals surface area contributed by atoms with Gasteiger partial charge in [-0.2, -0.15) is 0 Å². The van der Waals surface area contributed by atoms with Crippen LogP contribution in [0.25, 0.3) is 0 Å². The summed E-state index contributed by atoms with van der Waals surface area (Å²) in [6, 6.07) is 11.8. The van der Waals surface area contributed by atoms with Crippen molar-refractivity contribution < 1.29 is 9.53 Å². The van der Waals surface area contributed by atoms with Gasteiger partial charge in [0.1, 0.15) is 5.75 Å². The number of benzene rings is 2. The number of halogens is 1. The molecule has 0 saturated carbocycles. The van der Waals surface area contributed by atoms with Crippen LogP contribution in [0.3, 0.4) is 0 Å². The maximum atomic E-state index is 11.9. The SMILES string of the molecule is COc1cc(Cl)c(C)cc1NCCC(=O)NCc1ccc(C)cc1. The van der Waals surface area contributed by atoms with Crippen LogP contribution in [0.5, 0.6) is 5.75 Å². The predicted molar refractivity (Wildman–Crippen MR) is 98.9 cm³/mol. The number of carbonyl (C=O) groups excluding carboxylic acids is 1. The van der Waals surface area contributed by atoms with Crippen LogP contribution in [0.1, 0.15) is 23.1 Å². The lowest BCUT2D eigenvalue weighted by Crippen LogP contribution is -2.24. The van der Waals surface area contributed by atoms with Gasteiger partial charge in [-0.3, -0.25) is 4.79 Å². The Hall–Kier alpha value is -2.20. The third kappa shape index (κ3) is 5.17. The standard InChI is InChI=1S/C19H23ClN2O2/c1-13-4-6-15(7-5-13)12-22-19(23)8-9-21-17-10-14(2)16(20)11-18(17)24-3/h4-7,10-11,21H,8-9,12H2,1-3H3,(H,22,23). The second-order valence-electron chi connectivity index (χ2n) is 5.74. The number of aryl methyl sites for hydroxylation is 2. The highest BCUT2D eigenvalue weighted by molar-refractivity contribution is 6.31. The molecule has 128 valence electrons. The first kappa shape index (κ1) is 18.1. The van der Waals surface area contributed by atoms with Crippen LogP contribution in [-0.4, -0.2) is 19.6 Å². The molecule has 0 heterocycles. The van der Waals surface area contributed by atoms with Crippen LogP contribution in [0, 0.1) is 13.8 Å². The Bertz CT molecular complexity index is 699. The molecule has 24 heavy (non-hydrogen) atoms. The molecule has 0 fully saturated rings. The molecule has 0 aromatic heterocycles. The third-order valence-electron chi connectivity index (χ3n) is 3.76. The summed E-state index contributed by atoms with van der Waals surface area (Å²) in [5, 5.41) is 6.81. The molecule has 0 unspecified atom stereocenters. The van der Waals surface area contributed by atoms with E-state index in [0.717, 1.165) is 16.8 Å². The first-order valence-corrected chi connectivity index (χ1v) is 8.27. The molecule has 2 N–H and O–H groups in total. The van der Waals surface area contributed by atoms with E-state index in [9.17, 15) is 4.79 Å². The van der Waals surface area contributed by atoms with Crippen LogP contribution < -0.4 is 15.4 Å². The van der Waals surface area contributed by atoms with Crippen molar-refractivity contribution >= 4 is 23.2 Å². The largest absolute Gasteiger partial charge is 0.495 e. The van der Waals surface area contributed by atoms with Gasteiger partial charge < -0.3 is 15.4 Å². The second kappa shape index (κ2) is 8.60. The molecule has 5 heteroatoms. The van der Waals surface area contributed by atoms with Crippen LogP contribution in [-0.2, 0) is 11.3 Å². The quantitative estimate of drug-likeness (QED) is 0.794. The summed E-state index contributed by atoms with van der Waals surface area (Å²) in [7, 11) is 1.60. The lowest BCUT2D eigenvalue weighted by atomic mass is 10.1. The van der Waals surface area contributed by atoms with Gasteiger partial charge in [0.2, 0.25) is 5.91 Å². The van der Waals surface area contributed by atoms with Crippen molar-refractivity contribution in [3.05, 3.63) is 58.1 Å². The average molecular weight is 347 g/mol. The smallest absolute Gasteiger partial charge is 0.222 e. The molecule has 0 aliphatic heterocycles.